The topological polar surface area (TPSA) is 81.4 Å². The van der Waals surface area contributed by atoms with Gasteiger partial charge in [-0.25, -0.2) is 4.39 Å². The monoisotopic (exact) mass is 238 g/mol. The molecule has 0 bridgehead atoms. The summed E-state index contributed by atoms with van der Waals surface area (Å²) in [6.07, 6.45) is 0. The summed E-state index contributed by atoms with van der Waals surface area (Å²) in [5.74, 6) is -1.76. The maximum atomic E-state index is 13.7. The molecule has 17 heavy (non-hydrogen) atoms. The minimum atomic E-state index is -1.19. The maximum Gasteiger partial charge on any atom is 0.258 e. The van der Waals surface area contributed by atoms with Crippen LogP contribution in [0.3, 0.4) is 0 Å². The van der Waals surface area contributed by atoms with Crippen LogP contribution in [0, 0.1) is 12.7 Å². The number of rotatable bonds is 1. The van der Waals surface area contributed by atoms with Gasteiger partial charge in [0.2, 0.25) is 5.91 Å². The van der Waals surface area contributed by atoms with E-state index in [0.29, 0.717) is 5.56 Å². The second kappa shape index (κ2) is 4.04. The number of primary amides is 1. The Bertz CT molecular complexity index is 502. The zero-order valence-corrected chi connectivity index (χ0v) is 9.12. The van der Waals surface area contributed by atoms with E-state index in [-0.39, 0.29) is 17.9 Å². The lowest BCUT2D eigenvalue weighted by Gasteiger charge is -2.15. The fourth-order valence-corrected chi connectivity index (χ4v) is 1.77. The van der Waals surface area contributed by atoms with Crippen molar-refractivity contribution < 1.29 is 18.7 Å². The Hall–Kier alpha value is -2.11. The summed E-state index contributed by atoms with van der Waals surface area (Å²) < 4.78 is 18.9. The SMILES string of the molecule is Cc1ccc(F)c2c1OCC(=O)NC2C(N)=O. The summed E-state index contributed by atoms with van der Waals surface area (Å²) in [6, 6.07) is 1.53. The van der Waals surface area contributed by atoms with Gasteiger partial charge in [-0.15, -0.1) is 0 Å². The summed E-state index contributed by atoms with van der Waals surface area (Å²) >= 11 is 0. The van der Waals surface area contributed by atoms with Crippen molar-refractivity contribution in [3.63, 3.8) is 0 Å². The van der Waals surface area contributed by atoms with Crippen LogP contribution in [0.4, 0.5) is 4.39 Å². The van der Waals surface area contributed by atoms with E-state index in [2.05, 4.69) is 5.32 Å². The van der Waals surface area contributed by atoms with E-state index < -0.39 is 23.7 Å². The molecule has 90 valence electrons. The Morgan fingerprint density at radius 2 is 2.29 bits per heavy atom. The highest BCUT2D eigenvalue weighted by atomic mass is 19.1. The molecule has 1 atom stereocenters. The minimum Gasteiger partial charge on any atom is -0.483 e. The number of amides is 2. The number of ether oxygens (including phenoxy) is 1. The number of benzene rings is 1. The molecule has 0 saturated carbocycles. The second-order valence-electron chi connectivity index (χ2n) is 3.80. The molecule has 1 aromatic rings. The molecule has 2 amide bonds. The quantitative estimate of drug-likeness (QED) is 0.731. The van der Waals surface area contributed by atoms with Gasteiger partial charge in [-0.3, -0.25) is 9.59 Å². The van der Waals surface area contributed by atoms with Gasteiger partial charge >= 0.3 is 0 Å². The average Bonchev–Trinajstić information content (AvgIpc) is 2.44. The molecule has 6 heteroatoms. The molecule has 0 aliphatic carbocycles. The van der Waals surface area contributed by atoms with Crippen molar-refractivity contribution in [2.75, 3.05) is 6.61 Å². The van der Waals surface area contributed by atoms with Gasteiger partial charge in [0.15, 0.2) is 6.61 Å². The van der Waals surface area contributed by atoms with Crippen LogP contribution in [0.2, 0.25) is 0 Å². The molecule has 0 aromatic heterocycles. The first-order valence-corrected chi connectivity index (χ1v) is 5.01. The van der Waals surface area contributed by atoms with Gasteiger partial charge in [-0.1, -0.05) is 6.07 Å². The number of aryl methyl sites for hydroxylation is 1. The van der Waals surface area contributed by atoms with Gasteiger partial charge in [0, 0.05) is 0 Å². The van der Waals surface area contributed by atoms with Crippen LogP contribution in [0.25, 0.3) is 0 Å². The molecule has 1 heterocycles. The van der Waals surface area contributed by atoms with Gasteiger partial charge in [-0.05, 0) is 18.6 Å². The van der Waals surface area contributed by atoms with E-state index >= 15 is 0 Å². The van der Waals surface area contributed by atoms with Gasteiger partial charge < -0.3 is 15.8 Å². The van der Waals surface area contributed by atoms with Crippen molar-refractivity contribution in [3.8, 4) is 5.75 Å². The van der Waals surface area contributed by atoms with Gasteiger partial charge in [0.25, 0.3) is 5.91 Å². The summed E-state index contributed by atoms with van der Waals surface area (Å²) in [5, 5.41) is 2.32. The smallest absolute Gasteiger partial charge is 0.258 e. The zero-order chi connectivity index (χ0) is 12.6. The molecule has 0 fully saturated rings. The minimum absolute atomic E-state index is 0.0108. The Balaban J connectivity index is 2.63. The van der Waals surface area contributed by atoms with Crippen LogP contribution >= 0.6 is 0 Å². The molecule has 1 unspecified atom stereocenters. The highest BCUT2D eigenvalue weighted by Crippen LogP contribution is 2.32. The van der Waals surface area contributed by atoms with Gasteiger partial charge in [0.05, 0.1) is 5.56 Å². The van der Waals surface area contributed by atoms with E-state index in [1.54, 1.807) is 6.92 Å². The van der Waals surface area contributed by atoms with Crippen molar-refractivity contribution in [2.24, 2.45) is 5.73 Å². The van der Waals surface area contributed by atoms with Crippen LogP contribution in [0.1, 0.15) is 17.2 Å². The van der Waals surface area contributed by atoms with Crippen molar-refractivity contribution in [3.05, 3.63) is 29.1 Å². The molecule has 1 aliphatic heterocycles. The Labute approximate surface area is 96.7 Å². The molecule has 5 nitrogen and oxygen atoms in total. The van der Waals surface area contributed by atoms with Gasteiger partial charge in [-0.2, -0.15) is 0 Å². The third-order valence-electron chi connectivity index (χ3n) is 2.57. The number of fused-ring (bicyclic) bond motifs is 1. The summed E-state index contributed by atoms with van der Waals surface area (Å²) in [4.78, 5) is 22.6. The third-order valence-corrected chi connectivity index (χ3v) is 2.57. The largest absolute Gasteiger partial charge is 0.483 e. The second-order valence-corrected chi connectivity index (χ2v) is 3.80. The van der Waals surface area contributed by atoms with E-state index in [1.165, 1.54) is 12.1 Å². The van der Waals surface area contributed by atoms with E-state index in [9.17, 15) is 14.0 Å². The molecule has 0 saturated heterocycles. The number of carbonyl (C=O) groups is 2. The lowest BCUT2D eigenvalue weighted by atomic mass is 10.0. The first-order chi connectivity index (χ1) is 8.00. The number of nitrogens with one attached hydrogen (secondary N) is 1. The van der Waals surface area contributed by atoms with E-state index in [0.717, 1.165) is 0 Å². The van der Waals surface area contributed by atoms with E-state index in [1.807, 2.05) is 0 Å². The molecular formula is C11H11FN2O3. The van der Waals surface area contributed by atoms with Crippen LogP contribution in [0.15, 0.2) is 12.1 Å². The summed E-state index contributed by atoms with van der Waals surface area (Å²) in [6.45, 7) is 1.44. The lowest BCUT2D eigenvalue weighted by Crippen LogP contribution is -2.38. The number of nitrogens with two attached hydrogens (primary N) is 1. The van der Waals surface area contributed by atoms with Crippen molar-refractivity contribution in [1.82, 2.24) is 5.32 Å². The number of halogens is 1. The van der Waals surface area contributed by atoms with Crippen molar-refractivity contribution in [1.29, 1.82) is 0 Å². The Kier molecular flexibility index (Phi) is 2.71. The van der Waals surface area contributed by atoms with Crippen LogP contribution in [-0.4, -0.2) is 18.4 Å². The molecule has 1 aromatic carbocycles. The maximum absolute atomic E-state index is 13.7. The predicted molar refractivity (Wildman–Crippen MR) is 56.7 cm³/mol. The highest BCUT2D eigenvalue weighted by Gasteiger charge is 2.31. The van der Waals surface area contributed by atoms with Crippen molar-refractivity contribution >= 4 is 11.8 Å². The molecule has 0 radical (unpaired) electrons. The van der Waals surface area contributed by atoms with Crippen LogP contribution < -0.4 is 15.8 Å². The van der Waals surface area contributed by atoms with E-state index in [4.69, 9.17) is 10.5 Å². The summed E-state index contributed by atoms with van der Waals surface area (Å²) in [7, 11) is 0. The Morgan fingerprint density at radius 1 is 1.59 bits per heavy atom. The van der Waals surface area contributed by atoms with Crippen molar-refractivity contribution in [2.45, 2.75) is 13.0 Å². The normalized spacial score (nSPS) is 18.7. The fraction of sp³-hybridized carbons (Fsp3) is 0.273. The number of hydrogen-bond acceptors (Lipinski definition) is 3. The average molecular weight is 238 g/mol. The molecule has 2 rings (SSSR count). The number of carbonyl (C=O) groups excluding carboxylic acids is 2. The lowest BCUT2D eigenvalue weighted by molar-refractivity contribution is -0.128. The third kappa shape index (κ3) is 1.93. The first-order valence-electron chi connectivity index (χ1n) is 5.01. The summed E-state index contributed by atoms with van der Waals surface area (Å²) in [5.41, 5.74) is 5.79. The molecule has 0 spiro atoms. The highest BCUT2D eigenvalue weighted by molar-refractivity contribution is 5.89. The fourth-order valence-electron chi connectivity index (χ4n) is 1.77. The predicted octanol–water partition coefficient (Wildman–Crippen LogP) is 0.169. The molecule has 1 aliphatic rings. The zero-order valence-electron chi connectivity index (χ0n) is 9.12. The first kappa shape index (κ1) is 11.4. The van der Waals surface area contributed by atoms with Crippen LogP contribution in [-0.2, 0) is 9.59 Å². The molecule has 3 N–H and O–H groups in total. The van der Waals surface area contributed by atoms with Gasteiger partial charge in [0.1, 0.15) is 17.6 Å². The Morgan fingerprint density at radius 3 is 2.94 bits per heavy atom. The number of hydrogen-bond donors (Lipinski definition) is 2. The standard InChI is InChI=1S/C11H11FN2O3/c1-5-2-3-6(12)8-9(11(13)16)14-7(15)4-17-10(5)8/h2-3,9H,4H2,1H3,(H2,13,16)(H,14,15). The van der Waals surface area contributed by atoms with Crippen LogP contribution in [0.5, 0.6) is 5.75 Å². The molecular weight excluding hydrogens is 227 g/mol.